The Morgan fingerprint density at radius 2 is 2.04 bits per heavy atom. The summed E-state index contributed by atoms with van der Waals surface area (Å²) >= 11 is 7.77. The molecule has 0 fully saturated rings. The summed E-state index contributed by atoms with van der Waals surface area (Å²) in [7, 11) is 1.80. The van der Waals surface area contributed by atoms with Gasteiger partial charge in [0, 0.05) is 25.0 Å². The Hall–Kier alpha value is -2.77. The van der Waals surface area contributed by atoms with Crippen LogP contribution in [-0.2, 0) is 13.6 Å². The summed E-state index contributed by atoms with van der Waals surface area (Å²) in [5.41, 5.74) is 3.81. The molecule has 8 heteroatoms. The van der Waals surface area contributed by atoms with Crippen LogP contribution in [0.25, 0.3) is 10.2 Å². The van der Waals surface area contributed by atoms with Gasteiger partial charge in [0.2, 0.25) is 0 Å². The molecule has 0 saturated heterocycles. The van der Waals surface area contributed by atoms with Gasteiger partial charge in [-0.15, -0.1) is 0 Å². The maximum atomic E-state index is 13.4. The molecule has 6 nitrogen and oxygen atoms in total. The number of nitrogens with zero attached hydrogens (tertiary/aromatic N) is 5. The van der Waals surface area contributed by atoms with Crippen molar-refractivity contribution in [3.05, 3.63) is 70.3 Å². The molecule has 4 aromatic rings. The Morgan fingerprint density at radius 1 is 1.21 bits per heavy atom. The van der Waals surface area contributed by atoms with E-state index in [0.717, 1.165) is 27.0 Å². The predicted molar refractivity (Wildman–Crippen MR) is 112 cm³/mol. The molecule has 3 heterocycles. The first-order valence-corrected chi connectivity index (χ1v) is 9.91. The van der Waals surface area contributed by atoms with E-state index in [-0.39, 0.29) is 5.91 Å². The first kappa shape index (κ1) is 18.6. The number of hydrogen-bond acceptors (Lipinski definition) is 5. The number of halogens is 1. The van der Waals surface area contributed by atoms with Gasteiger partial charge in [-0.05, 0) is 37.6 Å². The summed E-state index contributed by atoms with van der Waals surface area (Å²) in [6.07, 6.45) is 3.54. The first-order valence-electron chi connectivity index (χ1n) is 8.71. The fourth-order valence-electron chi connectivity index (χ4n) is 3.03. The molecule has 0 radical (unpaired) electrons. The van der Waals surface area contributed by atoms with Crippen LogP contribution in [0.15, 0.2) is 42.7 Å². The average molecular weight is 412 g/mol. The molecule has 0 saturated carbocycles. The smallest absolute Gasteiger partial charge is 0.276 e. The number of aromatic nitrogens is 4. The van der Waals surface area contributed by atoms with Gasteiger partial charge in [0.25, 0.3) is 5.91 Å². The van der Waals surface area contributed by atoms with E-state index in [1.165, 1.54) is 11.3 Å². The largest absolute Gasteiger partial charge is 0.281 e. The molecule has 0 N–H and O–H groups in total. The minimum Gasteiger partial charge on any atom is -0.276 e. The normalized spacial score (nSPS) is 11.1. The van der Waals surface area contributed by atoms with Crippen LogP contribution < -0.4 is 4.90 Å². The molecule has 4 rings (SSSR count). The fourth-order valence-corrected chi connectivity index (χ4v) is 4.35. The maximum Gasteiger partial charge on any atom is 0.281 e. The second-order valence-corrected chi connectivity index (χ2v) is 7.97. The molecule has 0 spiro atoms. The van der Waals surface area contributed by atoms with Crippen molar-refractivity contribution in [2.45, 2.75) is 20.4 Å². The molecule has 0 aliphatic rings. The zero-order chi connectivity index (χ0) is 19.8. The zero-order valence-electron chi connectivity index (χ0n) is 15.7. The van der Waals surface area contributed by atoms with Gasteiger partial charge in [-0.2, -0.15) is 5.10 Å². The lowest BCUT2D eigenvalue weighted by Gasteiger charge is -2.18. The van der Waals surface area contributed by atoms with E-state index in [2.05, 4.69) is 10.1 Å². The van der Waals surface area contributed by atoms with Crippen LogP contribution in [0.1, 0.15) is 27.3 Å². The maximum absolute atomic E-state index is 13.4. The second-order valence-electron chi connectivity index (χ2n) is 6.59. The van der Waals surface area contributed by atoms with Crippen LogP contribution in [0.2, 0.25) is 5.02 Å². The van der Waals surface area contributed by atoms with Crippen molar-refractivity contribution in [2.75, 3.05) is 4.90 Å². The van der Waals surface area contributed by atoms with Gasteiger partial charge < -0.3 is 0 Å². The van der Waals surface area contributed by atoms with E-state index in [9.17, 15) is 4.79 Å². The number of carbonyl (C=O) groups is 1. The molecule has 0 aliphatic carbocycles. The number of fused-ring (bicyclic) bond motifs is 1. The van der Waals surface area contributed by atoms with Gasteiger partial charge in [0.05, 0.1) is 27.5 Å². The van der Waals surface area contributed by atoms with E-state index in [1.807, 2.05) is 50.4 Å². The summed E-state index contributed by atoms with van der Waals surface area (Å²) in [5, 5.41) is 5.55. The second kappa shape index (κ2) is 7.33. The standard InChI is InChI=1S/C20H18ClN5OS/c1-12-7-8-15(21)18-16(12)23-20(28-18)26(11-14-6-4-5-9-22-14)19(27)17-13(2)10-25(3)24-17/h4-10H,11H2,1-3H3. The number of benzene rings is 1. The van der Waals surface area contributed by atoms with Crippen molar-refractivity contribution in [3.8, 4) is 0 Å². The monoisotopic (exact) mass is 411 g/mol. The lowest BCUT2D eigenvalue weighted by atomic mass is 10.2. The summed E-state index contributed by atoms with van der Waals surface area (Å²) in [4.78, 5) is 24.1. The highest BCUT2D eigenvalue weighted by molar-refractivity contribution is 7.23. The number of hydrogen-bond donors (Lipinski definition) is 0. The molecule has 28 heavy (non-hydrogen) atoms. The average Bonchev–Trinajstić information content (AvgIpc) is 3.27. The molecule has 0 bridgehead atoms. The number of thiazole rings is 1. The molecule has 0 atom stereocenters. The number of rotatable bonds is 4. The predicted octanol–water partition coefficient (Wildman–Crippen LogP) is 4.54. The van der Waals surface area contributed by atoms with Gasteiger partial charge >= 0.3 is 0 Å². The minimum absolute atomic E-state index is 0.211. The third-order valence-electron chi connectivity index (χ3n) is 4.42. The van der Waals surface area contributed by atoms with Crippen molar-refractivity contribution in [2.24, 2.45) is 7.05 Å². The van der Waals surface area contributed by atoms with Crippen LogP contribution in [0.3, 0.4) is 0 Å². The molecule has 1 aromatic carbocycles. The van der Waals surface area contributed by atoms with Crippen molar-refractivity contribution in [1.29, 1.82) is 0 Å². The topological polar surface area (TPSA) is 63.9 Å². The zero-order valence-corrected chi connectivity index (χ0v) is 17.3. The first-order chi connectivity index (χ1) is 13.4. The van der Waals surface area contributed by atoms with E-state index < -0.39 is 0 Å². The Balaban J connectivity index is 1.83. The molecule has 142 valence electrons. The van der Waals surface area contributed by atoms with Crippen LogP contribution >= 0.6 is 22.9 Å². The molecule has 0 unspecified atom stereocenters. The fraction of sp³-hybridized carbons (Fsp3) is 0.200. The number of carbonyl (C=O) groups excluding carboxylic acids is 1. The van der Waals surface area contributed by atoms with Gasteiger partial charge in [-0.1, -0.05) is 35.1 Å². The van der Waals surface area contributed by atoms with Gasteiger partial charge in [-0.25, -0.2) is 4.98 Å². The Morgan fingerprint density at radius 3 is 2.68 bits per heavy atom. The highest BCUT2D eigenvalue weighted by atomic mass is 35.5. The van der Waals surface area contributed by atoms with Gasteiger partial charge in [0.1, 0.15) is 0 Å². The highest BCUT2D eigenvalue weighted by Gasteiger charge is 2.26. The minimum atomic E-state index is -0.211. The number of anilines is 1. The van der Waals surface area contributed by atoms with Crippen LogP contribution in [0, 0.1) is 13.8 Å². The lowest BCUT2D eigenvalue weighted by molar-refractivity contribution is 0.0978. The summed E-state index contributed by atoms with van der Waals surface area (Å²) < 4.78 is 2.51. The number of amides is 1. The molecular formula is C20H18ClN5OS. The lowest BCUT2D eigenvalue weighted by Crippen LogP contribution is -2.31. The van der Waals surface area contributed by atoms with E-state index in [1.54, 1.807) is 22.8 Å². The third-order valence-corrected chi connectivity index (χ3v) is 5.96. The van der Waals surface area contributed by atoms with Gasteiger partial charge in [0.15, 0.2) is 10.8 Å². The SMILES string of the molecule is Cc1cn(C)nc1C(=O)N(Cc1ccccn1)c1nc2c(C)ccc(Cl)c2s1. The molecular weight excluding hydrogens is 394 g/mol. The van der Waals surface area contributed by atoms with Crippen LogP contribution in [0.4, 0.5) is 5.13 Å². The van der Waals surface area contributed by atoms with Gasteiger partial charge in [-0.3, -0.25) is 19.4 Å². The molecule has 1 amide bonds. The Kier molecular flexibility index (Phi) is 4.87. The van der Waals surface area contributed by atoms with Crippen molar-refractivity contribution < 1.29 is 4.79 Å². The summed E-state index contributed by atoms with van der Waals surface area (Å²) in [5.74, 6) is -0.211. The highest BCUT2D eigenvalue weighted by Crippen LogP contribution is 2.36. The Bertz CT molecular complexity index is 1130. The summed E-state index contributed by atoms with van der Waals surface area (Å²) in [6, 6.07) is 9.42. The third kappa shape index (κ3) is 3.39. The molecule has 3 aromatic heterocycles. The van der Waals surface area contributed by atoms with Crippen LogP contribution in [0.5, 0.6) is 0 Å². The van der Waals surface area contributed by atoms with Crippen molar-refractivity contribution in [3.63, 3.8) is 0 Å². The van der Waals surface area contributed by atoms with Crippen molar-refractivity contribution in [1.82, 2.24) is 19.7 Å². The number of aryl methyl sites for hydroxylation is 3. The van der Waals surface area contributed by atoms with Crippen molar-refractivity contribution >= 4 is 44.2 Å². The van der Waals surface area contributed by atoms with E-state index in [0.29, 0.717) is 22.4 Å². The van der Waals surface area contributed by atoms with Crippen LogP contribution in [-0.4, -0.2) is 25.7 Å². The summed E-state index contributed by atoms with van der Waals surface area (Å²) in [6.45, 7) is 4.15. The number of pyridine rings is 1. The Labute approximate surface area is 171 Å². The molecule has 0 aliphatic heterocycles. The van der Waals surface area contributed by atoms with E-state index in [4.69, 9.17) is 16.6 Å². The van der Waals surface area contributed by atoms with E-state index >= 15 is 0 Å². The quantitative estimate of drug-likeness (QED) is 0.494.